The third-order valence-corrected chi connectivity index (χ3v) is 4.58. The monoisotopic (exact) mass is 311 g/mol. The predicted octanol–water partition coefficient (Wildman–Crippen LogP) is 3.48. The lowest BCUT2D eigenvalue weighted by Crippen LogP contribution is -2.32. The van der Waals surface area contributed by atoms with Gasteiger partial charge in [-0.05, 0) is 29.4 Å². The normalized spacial score (nSPS) is 21.4. The molecule has 1 aliphatic heterocycles. The van der Waals surface area contributed by atoms with Crippen LogP contribution >= 0.6 is 0 Å². The molecule has 1 saturated heterocycles. The molecule has 0 spiro atoms. The number of carbonyl (C=O) groups is 1. The first-order chi connectivity index (χ1) is 11.0. The van der Waals surface area contributed by atoms with Gasteiger partial charge < -0.3 is 9.72 Å². The highest BCUT2D eigenvalue weighted by Gasteiger charge is 2.35. The molecule has 0 bridgehead atoms. The number of fused-ring (bicyclic) bond motifs is 1. The fourth-order valence-corrected chi connectivity index (χ4v) is 3.54. The molecule has 4 heteroatoms. The van der Waals surface area contributed by atoms with Crippen LogP contribution in [0.1, 0.15) is 43.4 Å². The second kappa shape index (κ2) is 6.03. The highest BCUT2D eigenvalue weighted by molar-refractivity contribution is 5.86. The van der Waals surface area contributed by atoms with Crippen LogP contribution in [0.2, 0.25) is 0 Å². The molecular formula is C19H21NO3. The summed E-state index contributed by atoms with van der Waals surface area (Å²) in [5.74, 6) is -0.545. The number of carbonyl (C=O) groups excluding carboxylic acids is 1. The van der Waals surface area contributed by atoms with Crippen LogP contribution in [0.5, 0.6) is 0 Å². The van der Waals surface area contributed by atoms with Gasteiger partial charge in [0.15, 0.2) is 0 Å². The SMILES string of the molecule is C=CC1C(=O)OCCC1c1[nH]c(=O)c2ccccc2c1C(C)C. The molecule has 1 fully saturated rings. The van der Waals surface area contributed by atoms with Crippen molar-refractivity contribution in [1.29, 1.82) is 0 Å². The minimum Gasteiger partial charge on any atom is -0.465 e. The molecule has 4 nitrogen and oxygen atoms in total. The van der Waals surface area contributed by atoms with E-state index < -0.39 is 5.92 Å². The molecule has 0 saturated carbocycles. The maximum atomic E-state index is 12.5. The Morgan fingerprint density at radius 2 is 1.96 bits per heavy atom. The van der Waals surface area contributed by atoms with E-state index in [1.165, 1.54) is 0 Å². The largest absolute Gasteiger partial charge is 0.465 e. The van der Waals surface area contributed by atoms with Crippen LogP contribution in [0.15, 0.2) is 41.7 Å². The third kappa shape index (κ3) is 2.58. The quantitative estimate of drug-likeness (QED) is 0.697. The average molecular weight is 311 g/mol. The Kier molecular flexibility index (Phi) is 4.07. The van der Waals surface area contributed by atoms with E-state index in [-0.39, 0.29) is 23.4 Å². The molecule has 120 valence electrons. The van der Waals surface area contributed by atoms with Crippen molar-refractivity contribution in [1.82, 2.24) is 4.98 Å². The minimum absolute atomic E-state index is 0.0940. The van der Waals surface area contributed by atoms with Gasteiger partial charge in [0.1, 0.15) is 0 Å². The van der Waals surface area contributed by atoms with Crippen molar-refractivity contribution in [2.45, 2.75) is 32.1 Å². The molecule has 2 heterocycles. The van der Waals surface area contributed by atoms with E-state index in [9.17, 15) is 9.59 Å². The fraction of sp³-hybridized carbons (Fsp3) is 0.368. The Bertz CT molecular complexity index is 819. The number of ether oxygens (including phenoxy) is 1. The zero-order valence-electron chi connectivity index (χ0n) is 13.5. The first kappa shape index (κ1) is 15.5. The Morgan fingerprint density at radius 3 is 2.61 bits per heavy atom. The number of cyclic esters (lactones) is 1. The summed E-state index contributed by atoms with van der Waals surface area (Å²) in [6.07, 6.45) is 2.32. The van der Waals surface area contributed by atoms with E-state index in [0.717, 1.165) is 16.6 Å². The van der Waals surface area contributed by atoms with Gasteiger partial charge in [0, 0.05) is 17.0 Å². The number of hydrogen-bond acceptors (Lipinski definition) is 3. The lowest BCUT2D eigenvalue weighted by Gasteiger charge is -2.30. The molecule has 1 N–H and O–H groups in total. The molecule has 1 aromatic heterocycles. The first-order valence-electron chi connectivity index (χ1n) is 7.98. The van der Waals surface area contributed by atoms with Gasteiger partial charge in [0.05, 0.1) is 12.5 Å². The Labute approximate surface area is 135 Å². The summed E-state index contributed by atoms with van der Waals surface area (Å²) in [5, 5.41) is 1.65. The molecule has 2 aromatic rings. The fourth-order valence-electron chi connectivity index (χ4n) is 3.54. The number of H-pyrrole nitrogens is 1. The number of rotatable bonds is 3. The van der Waals surface area contributed by atoms with E-state index in [1.807, 2.05) is 24.3 Å². The summed E-state index contributed by atoms with van der Waals surface area (Å²) in [5.41, 5.74) is 1.85. The van der Waals surface area contributed by atoms with E-state index in [2.05, 4.69) is 25.4 Å². The maximum Gasteiger partial charge on any atom is 0.313 e. The average Bonchev–Trinajstić information content (AvgIpc) is 2.54. The van der Waals surface area contributed by atoms with Crippen LogP contribution in [0.3, 0.4) is 0 Å². The van der Waals surface area contributed by atoms with Gasteiger partial charge in [-0.15, -0.1) is 6.58 Å². The number of esters is 1. The molecule has 3 rings (SSSR count). The molecule has 2 unspecified atom stereocenters. The summed E-state index contributed by atoms with van der Waals surface area (Å²) in [7, 11) is 0. The van der Waals surface area contributed by atoms with Gasteiger partial charge in [-0.25, -0.2) is 0 Å². The first-order valence-corrected chi connectivity index (χ1v) is 7.98. The van der Waals surface area contributed by atoms with Gasteiger partial charge in [-0.1, -0.05) is 38.1 Å². The van der Waals surface area contributed by atoms with Crippen LogP contribution < -0.4 is 5.56 Å². The topological polar surface area (TPSA) is 59.2 Å². The number of hydrogen-bond donors (Lipinski definition) is 1. The minimum atomic E-state index is -0.418. The maximum absolute atomic E-state index is 12.5. The van der Waals surface area contributed by atoms with Crippen LogP contribution in [-0.4, -0.2) is 17.6 Å². The summed E-state index contributed by atoms with van der Waals surface area (Å²) in [4.78, 5) is 27.6. The zero-order valence-corrected chi connectivity index (χ0v) is 13.5. The number of nitrogens with one attached hydrogen (secondary N) is 1. The van der Waals surface area contributed by atoms with Crippen molar-refractivity contribution < 1.29 is 9.53 Å². The molecular weight excluding hydrogens is 290 g/mol. The summed E-state index contributed by atoms with van der Waals surface area (Å²) in [6, 6.07) is 7.63. The lowest BCUT2D eigenvalue weighted by atomic mass is 9.80. The highest BCUT2D eigenvalue weighted by atomic mass is 16.5. The Balaban J connectivity index is 2.28. The number of aromatic nitrogens is 1. The van der Waals surface area contributed by atoms with Crippen molar-refractivity contribution in [2.24, 2.45) is 5.92 Å². The van der Waals surface area contributed by atoms with Crippen molar-refractivity contribution in [3.63, 3.8) is 0 Å². The van der Waals surface area contributed by atoms with E-state index in [4.69, 9.17) is 4.74 Å². The summed E-state index contributed by atoms with van der Waals surface area (Å²) >= 11 is 0. The van der Waals surface area contributed by atoms with Gasteiger partial charge in [-0.3, -0.25) is 9.59 Å². The Morgan fingerprint density at radius 1 is 1.26 bits per heavy atom. The van der Waals surface area contributed by atoms with Crippen LogP contribution in [0.25, 0.3) is 10.8 Å². The van der Waals surface area contributed by atoms with Crippen molar-refractivity contribution in [3.8, 4) is 0 Å². The standard InChI is InChI=1S/C19H21NO3/c1-4-12-14(9-10-23-19(12)22)17-16(11(2)3)13-7-5-6-8-15(13)18(21)20-17/h4-8,11-12,14H,1,9-10H2,2-3H3,(H,20,21). The second-order valence-corrected chi connectivity index (χ2v) is 6.31. The highest BCUT2D eigenvalue weighted by Crippen LogP contribution is 2.38. The van der Waals surface area contributed by atoms with Gasteiger partial charge in [0.2, 0.25) is 0 Å². The smallest absolute Gasteiger partial charge is 0.313 e. The number of pyridine rings is 1. The molecule has 1 aliphatic rings. The predicted molar refractivity (Wildman–Crippen MR) is 90.7 cm³/mol. The van der Waals surface area contributed by atoms with Crippen molar-refractivity contribution in [3.05, 3.63) is 58.5 Å². The van der Waals surface area contributed by atoms with E-state index >= 15 is 0 Å². The van der Waals surface area contributed by atoms with E-state index in [1.54, 1.807) is 6.08 Å². The molecule has 0 aliphatic carbocycles. The van der Waals surface area contributed by atoms with Gasteiger partial charge in [-0.2, -0.15) is 0 Å². The molecule has 1 aromatic carbocycles. The molecule has 0 radical (unpaired) electrons. The molecule has 0 amide bonds. The number of benzene rings is 1. The lowest BCUT2D eigenvalue weighted by molar-refractivity contribution is -0.151. The zero-order chi connectivity index (χ0) is 16.6. The van der Waals surface area contributed by atoms with Gasteiger partial charge >= 0.3 is 5.97 Å². The van der Waals surface area contributed by atoms with Crippen LogP contribution in [0.4, 0.5) is 0 Å². The summed E-state index contributed by atoms with van der Waals surface area (Å²) in [6.45, 7) is 8.36. The van der Waals surface area contributed by atoms with Crippen molar-refractivity contribution in [2.75, 3.05) is 6.61 Å². The Hall–Kier alpha value is -2.36. The van der Waals surface area contributed by atoms with Crippen LogP contribution in [0, 0.1) is 5.92 Å². The van der Waals surface area contributed by atoms with Gasteiger partial charge in [0.25, 0.3) is 5.56 Å². The van der Waals surface area contributed by atoms with Crippen LogP contribution in [-0.2, 0) is 9.53 Å². The van der Waals surface area contributed by atoms with E-state index in [0.29, 0.717) is 18.4 Å². The number of aromatic amines is 1. The third-order valence-electron chi connectivity index (χ3n) is 4.58. The molecule has 2 atom stereocenters. The van der Waals surface area contributed by atoms with Crippen molar-refractivity contribution >= 4 is 16.7 Å². The second-order valence-electron chi connectivity index (χ2n) is 6.31. The summed E-state index contributed by atoms with van der Waals surface area (Å²) < 4.78 is 5.15. The molecule has 23 heavy (non-hydrogen) atoms.